The van der Waals surface area contributed by atoms with Crippen molar-refractivity contribution in [3.05, 3.63) is 41.6 Å². The predicted molar refractivity (Wildman–Crippen MR) is 86.6 cm³/mol. The number of anilines is 1. The highest BCUT2D eigenvalue weighted by molar-refractivity contribution is 5.86. The van der Waals surface area contributed by atoms with Gasteiger partial charge in [0.25, 0.3) is 0 Å². The van der Waals surface area contributed by atoms with E-state index in [1.54, 1.807) is 12.1 Å². The number of pyridine rings is 1. The van der Waals surface area contributed by atoms with Gasteiger partial charge in [-0.1, -0.05) is 0 Å². The highest BCUT2D eigenvalue weighted by atomic mass is 19.4. The first-order valence-corrected chi connectivity index (χ1v) is 7.02. The van der Waals surface area contributed by atoms with Crippen LogP contribution in [0.4, 0.5) is 19.0 Å². The summed E-state index contributed by atoms with van der Waals surface area (Å²) in [5.41, 5.74) is 2.31. The number of rotatable bonds is 6. The van der Waals surface area contributed by atoms with E-state index in [9.17, 15) is 13.2 Å². The first-order chi connectivity index (χ1) is 11.9. The zero-order valence-electron chi connectivity index (χ0n) is 13.7. The molecular weight excluding hydrogens is 339 g/mol. The molecule has 1 N–H and O–H groups in total. The molecule has 0 atom stereocenters. The number of alkyl halides is 3. The van der Waals surface area contributed by atoms with Gasteiger partial charge >= 0.3 is 6.18 Å². The maximum atomic E-state index is 12.5. The van der Waals surface area contributed by atoms with Crippen molar-refractivity contribution in [2.75, 3.05) is 26.8 Å². The van der Waals surface area contributed by atoms with E-state index in [4.69, 9.17) is 14.2 Å². The topological polar surface area (TPSA) is 65.0 Å². The lowest BCUT2D eigenvalue weighted by atomic mass is 10.2. The van der Waals surface area contributed by atoms with Gasteiger partial charge in [0.2, 0.25) is 5.75 Å². The summed E-state index contributed by atoms with van der Waals surface area (Å²) in [4.78, 5) is 3.66. The number of halogens is 3. The molecule has 2 rings (SSSR count). The smallest absolute Gasteiger partial charge is 0.417 e. The predicted octanol–water partition coefficient (Wildman–Crippen LogP) is 3.57. The summed E-state index contributed by atoms with van der Waals surface area (Å²) in [6.07, 6.45) is -2.27. The van der Waals surface area contributed by atoms with Crippen LogP contribution in [0.3, 0.4) is 0 Å². The molecule has 0 unspecified atom stereocenters. The van der Waals surface area contributed by atoms with Crippen LogP contribution in [0, 0.1) is 0 Å². The molecule has 2 aromatic rings. The van der Waals surface area contributed by atoms with E-state index in [-0.39, 0.29) is 5.82 Å². The van der Waals surface area contributed by atoms with Crippen LogP contribution < -0.4 is 19.6 Å². The first-order valence-electron chi connectivity index (χ1n) is 7.02. The normalized spacial score (nSPS) is 11.4. The molecule has 0 amide bonds. The minimum atomic E-state index is -4.43. The number of nitrogens with one attached hydrogen (secondary N) is 1. The van der Waals surface area contributed by atoms with Crippen LogP contribution in [-0.4, -0.2) is 32.5 Å². The Labute approximate surface area is 142 Å². The Hall–Kier alpha value is -2.97. The van der Waals surface area contributed by atoms with E-state index in [0.717, 1.165) is 12.3 Å². The molecule has 1 aromatic heterocycles. The minimum absolute atomic E-state index is 0.170. The molecule has 9 heteroatoms. The van der Waals surface area contributed by atoms with Crippen molar-refractivity contribution in [1.82, 2.24) is 4.98 Å². The van der Waals surface area contributed by atoms with Crippen molar-refractivity contribution in [3.8, 4) is 17.2 Å². The van der Waals surface area contributed by atoms with E-state index in [1.165, 1.54) is 33.6 Å². The molecule has 1 heterocycles. The number of ether oxygens (including phenoxy) is 3. The third-order valence-corrected chi connectivity index (χ3v) is 3.21. The molecule has 0 aliphatic rings. The van der Waals surface area contributed by atoms with Gasteiger partial charge < -0.3 is 14.2 Å². The fraction of sp³-hybridized carbons (Fsp3) is 0.250. The molecule has 0 aliphatic carbocycles. The van der Waals surface area contributed by atoms with Crippen molar-refractivity contribution in [1.29, 1.82) is 0 Å². The molecule has 0 saturated carbocycles. The Morgan fingerprint density at radius 1 is 1.00 bits per heavy atom. The highest BCUT2D eigenvalue weighted by Crippen LogP contribution is 2.39. The SMILES string of the molecule is COc1ccc(/C=N/Nc2ccc(C(F)(F)F)cn2)c(OC)c1OC. The average molecular weight is 355 g/mol. The zero-order valence-corrected chi connectivity index (χ0v) is 13.7. The number of methoxy groups -OCH3 is 3. The highest BCUT2D eigenvalue weighted by Gasteiger charge is 2.30. The van der Waals surface area contributed by atoms with Crippen molar-refractivity contribution in [3.63, 3.8) is 0 Å². The Balaban J connectivity index is 2.17. The Morgan fingerprint density at radius 3 is 2.24 bits per heavy atom. The summed E-state index contributed by atoms with van der Waals surface area (Å²) in [7, 11) is 4.45. The monoisotopic (exact) mass is 355 g/mol. The van der Waals surface area contributed by atoms with Crippen LogP contribution >= 0.6 is 0 Å². The molecule has 6 nitrogen and oxygen atoms in total. The molecule has 0 spiro atoms. The average Bonchev–Trinajstić information content (AvgIpc) is 2.60. The van der Waals surface area contributed by atoms with E-state index in [1.807, 2.05) is 0 Å². The van der Waals surface area contributed by atoms with Gasteiger partial charge in [-0.25, -0.2) is 4.98 Å². The standard InChI is InChI=1S/C16H16F3N3O3/c1-23-12-6-4-10(14(24-2)15(12)25-3)8-21-22-13-7-5-11(9-20-13)16(17,18)19/h4-9H,1-3H3,(H,20,22)/b21-8+. The van der Waals surface area contributed by atoms with Crippen molar-refractivity contribution >= 4 is 12.0 Å². The van der Waals surface area contributed by atoms with Crippen LogP contribution in [0.25, 0.3) is 0 Å². The molecule has 0 bridgehead atoms. The van der Waals surface area contributed by atoms with Gasteiger partial charge in [-0.2, -0.15) is 18.3 Å². The quantitative estimate of drug-likeness (QED) is 0.634. The molecule has 0 fully saturated rings. The van der Waals surface area contributed by atoms with E-state index >= 15 is 0 Å². The summed E-state index contributed by atoms with van der Waals surface area (Å²) < 4.78 is 53.2. The van der Waals surface area contributed by atoms with Crippen molar-refractivity contribution in [2.24, 2.45) is 5.10 Å². The van der Waals surface area contributed by atoms with Gasteiger partial charge in [-0.05, 0) is 24.3 Å². The lowest BCUT2D eigenvalue weighted by Gasteiger charge is -2.13. The van der Waals surface area contributed by atoms with Gasteiger partial charge in [-0.15, -0.1) is 0 Å². The zero-order chi connectivity index (χ0) is 18.4. The summed E-state index contributed by atoms with van der Waals surface area (Å²) >= 11 is 0. The summed E-state index contributed by atoms with van der Waals surface area (Å²) in [5.74, 6) is 1.48. The van der Waals surface area contributed by atoms with Gasteiger partial charge in [0, 0.05) is 11.8 Å². The van der Waals surface area contributed by atoms with Crippen LogP contribution in [0.1, 0.15) is 11.1 Å². The Kier molecular flexibility index (Phi) is 5.68. The number of hydrazone groups is 1. The van der Waals surface area contributed by atoms with Crippen molar-refractivity contribution in [2.45, 2.75) is 6.18 Å². The van der Waals surface area contributed by atoms with E-state index in [0.29, 0.717) is 22.8 Å². The fourth-order valence-corrected chi connectivity index (χ4v) is 2.02. The summed E-state index contributed by atoms with van der Waals surface area (Å²) in [6, 6.07) is 5.48. The fourth-order valence-electron chi connectivity index (χ4n) is 2.02. The molecule has 0 radical (unpaired) electrons. The second kappa shape index (κ2) is 7.73. The van der Waals surface area contributed by atoms with Crippen LogP contribution in [0.5, 0.6) is 17.2 Å². The second-order valence-corrected chi connectivity index (χ2v) is 4.72. The number of nitrogens with zero attached hydrogens (tertiary/aromatic N) is 2. The van der Waals surface area contributed by atoms with Crippen molar-refractivity contribution < 1.29 is 27.4 Å². The molecule has 0 saturated heterocycles. The number of benzene rings is 1. The third kappa shape index (κ3) is 4.31. The van der Waals surface area contributed by atoms with Gasteiger partial charge in [0.15, 0.2) is 11.5 Å². The van der Waals surface area contributed by atoms with Gasteiger partial charge in [-0.3, -0.25) is 5.43 Å². The first kappa shape index (κ1) is 18.4. The third-order valence-electron chi connectivity index (χ3n) is 3.21. The second-order valence-electron chi connectivity index (χ2n) is 4.72. The van der Waals surface area contributed by atoms with Crippen LogP contribution in [-0.2, 0) is 6.18 Å². The summed E-state index contributed by atoms with van der Waals surface area (Å²) in [6.45, 7) is 0. The number of hydrogen-bond donors (Lipinski definition) is 1. The number of hydrogen-bond acceptors (Lipinski definition) is 6. The molecular formula is C16H16F3N3O3. The lowest BCUT2D eigenvalue weighted by molar-refractivity contribution is -0.137. The van der Waals surface area contributed by atoms with Crippen LogP contribution in [0.2, 0.25) is 0 Å². The van der Waals surface area contributed by atoms with Gasteiger partial charge in [0.05, 0.1) is 33.1 Å². The Bertz CT molecular complexity index is 747. The molecule has 1 aromatic carbocycles. The lowest BCUT2D eigenvalue weighted by Crippen LogP contribution is -2.05. The maximum absolute atomic E-state index is 12.5. The Morgan fingerprint density at radius 2 is 1.72 bits per heavy atom. The largest absolute Gasteiger partial charge is 0.493 e. The van der Waals surface area contributed by atoms with E-state index in [2.05, 4.69) is 15.5 Å². The minimum Gasteiger partial charge on any atom is -0.493 e. The summed E-state index contributed by atoms with van der Waals surface area (Å²) in [5, 5.41) is 3.95. The molecule has 0 aliphatic heterocycles. The molecule has 134 valence electrons. The van der Waals surface area contributed by atoms with E-state index < -0.39 is 11.7 Å². The molecule has 25 heavy (non-hydrogen) atoms. The maximum Gasteiger partial charge on any atom is 0.417 e. The van der Waals surface area contributed by atoms with Crippen LogP contribution in [0.15, 0.2) is 35.6 Å². The van der Waals surface area contributed by atoms with Gasteiger partial charge in [0.1, 0.15) is 5.82 Å². The number of aromatic nitrogens is 1.